The van der Waals surface area contributed by atoms with Crippen LogP contribution < -0.4 is 0 Å². The van der Waals surface area contributed by atoms with E-state index in [0.717, 1.165) is 11.4 Å². The van der Waals surface area contributed by atoms with Crippen molar-refractivity contribution >= 4 is 5.91 Å². The zero-order valence-corrected chi connectivity index (χ0v) is 13.9. The molecule has 0 aliphatic carbocycles. The standard InChI is InChI=1S/C16H19N7O/c1-12(16(24)22(3)11-14-17-9-10-21(14)2)23-19-15(18-20-23)13-7-5-4-6-8-13/h4-10,12H,11H2,1-3H3. The van der Waals surface area contributed by atoms with Gasteiger partial charge in [0.05, 0.1) is 6.54 Å². The van der Waals surface area contributed by atoms with Crippen LogP contribution in [0.25, 0.3) is 11.4 Å². The monoisotopic (exact) mass is 325 g/mol. The van der Waals surface area contributed by atoms with Gasteiger partial charge in [0.2, 0.25) is 11.7 Å². The van der Waals surface area contributed by atoms with Gasteiger partial charge >= 0.3 is 0 Å². The summed E-state index contributed by atoms with van der Waals surface area (Å²) in [5, 5.41) is 12.4. The summed E-state index contributed by atoms with van der Waals surface area (Å²) in [6.07, 6.45) is 3.56. The van der Waals surface area contributed by atoms with Crippen LogP contribution in [-0.2, 0) is 18.4 Å². The van der Waals surface area contributed by atoms with Crippen molar-refractivity contribution in [1.82, 2.24) is 34.7 Å². The second kappa shape index (κ2) is 6.61. The molecular formula is C16H19N7O. The maximum absolute atomic E-state index is 12.6. The van der Waals surface area contributed by atoms with Gasteiger partial charge in [-0.15, -0.1) is 10.2 Å². The number of amides is 1. The molecule has 1 atom stereocenters. The van der Waals surface area contributed by atoms with E-state index < -0.39 is 6.04 Å². The van der Waals surface area contributed by atoms with Crippen LogP contribution in [0.3, 0.4) is 0 Å². The Labute approximate surface area is 139 Å². The van der Waals surface area contributed by atoms with Gasteiger partial charge in [0.15, 0.2) is 0 Å². The maximum atomic E-state index is 12.6. The Morgan fingerprint density at radius 2 is 2.04 bits per heavy atom. The summed E-state index contributed by atoms with van der Waals surface area (Å²) in [6, 6.07) is 9.01. The molecule has 1 aromatic carbocycles. The van der Waals surface area contributed by atoms with Crippen molar-refractivity contribution in [3.05, 3.63) is 48.5 Å². The van der Waals surface area contributed by atoms with E-state index in [1.54, 1.807) is 25.1 Å². The van der Waals surface area contributed by atoms with Crippen molar-refractivity contribution in [2.24, 2.45) is 7.05 Å². The Kier molecular flexibility index (Phi) is 4.37. The highest BCUT2D eigenvalue weighted by atomic mass is 16.2. The number of rotatable bonds is 5. The highest BCUT2D eigenvalue weighted by molar-refractivity contribution is 5.79. The van der Waals surface area contributed by atoms with Crippen LogP contribution in [0.5, 0.6) is 0 Å². The molecule has 0 N–H and O–H groups in total. The first kappa shape index (κ1) is 15.9. The van der Waals surface area contributed by atoms with Crippen LogP contribution in [0.4, 0.5) is 0 Å². The molecule has 0 saturated carbocycles. The van der Waals surface area contributed by atoms with Crippen LogP contribution in [0.1, 0.15) is 18.8 Å². The Balaban J connectivity index is 1.72. The summed E-state index contributed by atoms with van der Waals surface area (Å²) in [5.74, 6) is 1.21. The quantitative estimate of drug-likeness (QED) is 0.706. The molecule has 0 bridgehead atoms. The van der Waals surface area contributed by atoms with Gasteiger partial charge in [-0.25, -0.2) is 4.98 Å². The van der Waals surface area contributed by atoms with Crippen LogP contribution in [-0.4, -0.2) is 47.6 Å². The average molecular weight is 325 g/mol. The fourth-order valence-electron chi connectivity index (χ4n) is 2.35. The van der Waals surface area contributed by atoms with E-state index in [1.165, 1.54) is 4.80 Å². The number of benzene rings is 1. The minimum Gasteiger partial charge on any atom is -0.337 e. The summed E-state index contributed by atoms with van der Waals surface area (Å²) < 4.78 is 1.88. The molecule has 2 heterocycles. The lowest BCUT2D eigenvalue weighted by Crippen LogP contribution is -2.34. The molecule has 8 heteroatoms. The number of imidazole rings is 1. The van der Waals surface area contributed by atoms with E-state index >= 15 is 0 Å². The van der Waals surface area contributed by atoms with E-state index in [-0.39, 0.29) is 5.91 Å². The molecule has 0 fully saturated rings. The zero-order valence-electron chi connectivity index (χ0n) is 13.9. The second-order valence-electron chi connectivity index (χ2n) is 5.62. The van der Waals surface area contributed by atoms with Gasteiger partial charge in [-0.1, -0.05) is 30.3 Å². The minimum atomic E-state index is -0.541. The first-order valence-electron chi connectivity index (χ1n) is 7.62. The van der Waals surface area contributed by atoms with Gasteiger partial charge in [0.1, 0.15) is 11.9 Å². The predicted molar refractivity (Wildman–Crippen MR) is 87.6 cm³/mol. The molecule has 0 spiro atoms. The number of tetrazole rings is 1. The Bertz CT molecular complexity index is 824. The summed E-state index contributed by atoms with van der Waals surface area (Å²) in [4.78, 5) is 19.8. The normalized spacial score (nSPS) is 12.1. The van der Waals surface area contributed by atoms with Crippen LogP contribution >= 0.6 is 0 Å². The molecule has 8 nitrogen and oxygen atoms in total. The van der Waals surface area contributed by atoms with Crippen molar-refractivity contribution in [2.45, 2.75) is 19.5 Å². The van der Waals surface area contributed by atoms with E-state index in [0.29, 0.717) is 12.4 Å². The Morgan fingerprint density at radius 3 is 2.71 bits per heavy atom. The van der Waals surface area contributed by atoms with E-state index in [4.69, 9.17) is 0 Å². The van der Waals surface area contributed by atoms with Crippen LogP contribution in [0, 0.1) is 0 Å². The summed E-state index contributed by atoms with van der Waals surface area (Å²) in [7, 11) is 3.64. The van der Waals surface area contributed by atoms with Gasteiger partial charge < -0.3 is 9.47 Å². The largest absolute Gasteiger partial charge is 0.337 e. The van der Waals surface area contributed by atoms with Gasteiger partial charge in [0.25, 0.3) is 0 Å². The molecule has 124 valence electrons. The highest BCUT2D eigenvalue weighted by Gasteiger charge is 2.23. The van der Waals surface area contributed by atoms with Crippen molar-refractivity contribution in [1.29, 1.82) is 0 Å². The molecule has 0 saturated heterocycles. The molecule has 1 unspecified atom stereocenters. The Hall–Kier alpha value is -3.03. The highest BCUT2D eigenvalue weighted by Crippen LogP contribution is 2.14. The summed E-state index contributed by atoms with van der Waals surface area (Å²) >= 11 is 0. The number of aromatic nitrogens is 6. The van der Waals surface area contributed by atoms with Gasteiger partial charge in [-0.2, -0.15) is 4.80 Å². The molecule has 0 radical (unpaired) electrons. The minimum absolute atomic E-state index is 0.102. The lowest BCUT2D eigenvalue weighted by molar-refractivity contribution is -0.134. The number of carbonyl (C=O) groups is 1. The topological polar surface area (TPSA) is 81.7 Å². The first-order chi connectivity index (χ1) is 11.6. The van der Waals surface area contributed by atoms with Crippen molar-refractivity contribution in [2.75, 3.05) is 7.05 Å². The van der Waals surface area contributed by atoms with Crippen molar-refractivity contribution < 1.29 is 4.79 Å². The number of nitrogens with zero attached hydrogens (tertiary/aromatic N) is 7. The molecule has 0 aliphatic rings. The fourth-order valence-corrected chi connectivity index (χ4v) is 2.35. The average Bonchev–Trinajstić information content (AvgIpc) is 3.24. The third kappa shape index (κ3) is 3.17. The number of hydrogen-bond acceptors (Lipinski definition) is 5. The van der Waals surface area contributed by atoms with Crippen LogP contribution in [0.2, 0.25) is 0 Å². The molecule has 2 aromatic heterocycles. The van der Waals surface area contributed by atoms with Gasteiger partial charge in [-0.3, -0.25) is 4.79 Å². The number of likely N-dealkylation sites (N-methyl/N-ethyl adjacent to an activating group) is 1. The van der Waals surface area contributed by atoms with E-state index in [2.05, 4.69) is 20.4 Å². The molecule has 3 aromatic rings. The third-order valence-electron chi connectivity index (χ3n) is 3.84. The molecule has 3 rings (SSSR count). The van der Waals surface area contributed by atoms with E-state index in [9.17, 15) is 4.79 Å². The smallest absolute Gasteiger partial charge is 0.249 e. The summed E-state index contributed by atoms with van der Waals surface area (Å²) in [5.41, 5.74) is 0.866. The second-order valence-corrected chi connectivity index (χ2v) is 5.62. The lowest BCUT2D eigenvalue weighted by Gasteiger charge is -2.20. The van der Waals surface area contributed by atoms with Gasteiger partial charge in [-0.05, 0) is 12.1 Å². The molecule has 1 amide bonds. The lowest BCUT2D eigenvalue weighted by atomic mass is 10.2. The third-order valence-corrected chi connectivity index (χ3v) is 3.84. The molecule has 0 aliphatic heterocycles. The van der Waals surface area contributed by atoms with Crippen molar-refractivity contribution in [3.8, 4) is 11.4 Å². The van der Waals surface area contributed by atoms with Crippen molar-refractivity contribution in [3.63, 3.8) is 0 Å². The zero-order chi connectivity index (χ0) is 17.1. The maximum Gasteiger partial charge on any atom is 0.249 e. The fraction of sp³-hybridized carbons (Fsp3) is 0.312. The predicted octanol–water partition coefficient (Wildman–Crippen LogP) is 1.29. The first-order valence-corrected chi connectivity index (χ1v) is 7.62. The number of hydrogen-bond donors (Lipinski definition) is 0. The number of aryl methyl sites for hydroxylation is 1. The van der Waals surface area contributed by atoms with Crippen LogP contribution in [0.15, 0.2) is 42.7 Å². The number of carbonyl (C=O) groups excluding carboxylic acids is 1. The summed E-state index contributed by atoms with van der Waals surface area (Å²) in [6.45, 7) is 2.18. The Morgan fingerprint density at radius 1 is 1.29 bits per heavy atom. The molecule has 24 heavy (non-hydrogen) atoms. The SMILES string of the molecule is CC(C(=O)N(C)Cc1nccn1C)n1nnc(-c2ccccc2)n1. The van der Waals surface area contributed by atoms with Gasteiger partial charge in [0, 0.05) is 32.1 Å². The van der Waals surface area contributed by atoms with E-state index in [1.807, 2.05) is 48.1 Å². The molecular weight excluding hydrogens is 306 g/mol.